The standard InChI is InChI=1S/C14H14F3N3/c1-10(20-8-14(15,16)17)11-2-4-12(5-3-11)13-6-18-9-19-7-13/h2-7,9-10,20H,8H2,1H3. The first-order valence-electron chi connectivity index (χ1n) is 6.11. The Morgan fingerprint density at radius 2 is 1.65 bits per heavy atom. The SMILES string of the molecule is CC(NCC(F)(F)F)c1ccc(-c2cncnc2)cc1. The summed E-state index contributed by atoms with van der Waals surface area (Å²) in [6.45, 7) is 0.703. The van der Waals surface area contributed by atoms with Crippen LogP contribution in [0.3, 0.4) is 0 Å². The molecule has 1 aromatic heterocycles. The van der Waals surface area contributed by atoms with Gasteiger partial charge in [0.2, 0.25) is 0 Å². The molecule has 106 valence electrons. The minimum Gasteiger partial charge on any atom is -0.302 e. The van der Waals surface area contributed by atoms with Crippen molar-refractivity contribution in [1.29, 1.82) is 0 Å². The van der Waals surface area contributed by atoms with Gasteiger partial charge in [0, 0.05) is 24.0 Å². The highest BCUT2D eigenvalue weighted by atomic mass is 19.4. The van der Waals surface area contributed by atoms with Gasteiger partial charge in [-0.25, -0.2) is 9.97 Å². The molecule has 0 amide bonds. The second kappa shape index (κ2) is 6.00. The van der Waals surface area contributed by atoms with Crippen molar-refractivity contribution in [2.24, 2.45) is 0 Å². The van der Waals surface area contributed by atoms with E-state index in [-0.39, 0.29) is 6.04 Å². The minimum atomic E-state index is -4.20. The number of hydrogen-bond donors (Lipinski definition) is 1. The highest BCUT2D eigenvalue weighted by Gasteiger charge is 2.27. The van der Waals surface area contributed by atoms with E-state index in [4.69, 9.17) is 0 Å². The van der Waals surface area contributed by atoms with Crippen LogP contribution in [0, 0.1) is 0 Å². The summed E-state index contributed by atoms with van der Waals surface area (Å²) < 4.78 is 36.4. The number of benzene rings is 1. The second-order valence-electron chi connectivity index (χ2n) is 4.47. The lowest BCUT2D eigenvalue weighted by atomic mass is 10.0. The van der Waals surface area contributed by atoms with Gasteiger partial charge in [0.25, 0.3) is 0 Å². The number of nitrogens with zero attached hydrogens (tertiary/aromatic N) is 2. The number of alkyl halides is 3. The maximum absolute atomic E-state index is 12.1. The van der Waals surface area contributed by atoms with Crippen molar-refractivity contribution in [3.05, 3.63) is 48.5 Å². The van der Waals surface area contributed by atoms with Crippen LogP contribution in [0.25, 0.3) is 11.1 Å². The fourth-order valence-electron chi connectivity index (χ4n) is 1.80. The molecular weight excluding hydrogens is 267 g/mol. The maximum Gasteiger partial charge on any atom is 0.401 e. The molecule has 2 aromatic rings. The average molecular weight is 281 g/mol. The summed E-state index contributed by atoms with van der Waals surface area (Å²) in [5.74, 6) is 0. The predicted octanol–water partition coefficient (Wildman–Crippen LogP) is 3.36. The smallest absolute Gasteiger partial charge is 0.302 e. The van der Waals surface area contributed by atoms with Crippen molar-refractivity contribution in [3.8, 4) is 11.1 Å². The summed E-state index contributed by atoms with van der Waals surface area (Å²) in [5.41, 5.74) is 2.60. The van der Waals surface area contributed by atoms with Crippen LogP contribution >= 0.6 is 0 Å². The quantitative estimate of drug-likeness (QED) is 0.933. The first kappa shape index (κ1) is 14.5. The van der Waals surface area contributed by atoms with Crippen LogP contribution < -0.4 is 5.32 Å². The van der Waals surface area contributed by atoms with E-state index < -0.39 is 12.7 Å². The molecule has 0 radical (unpaired) electrons. The van der Waals surface area contributed by atoms with Gasteiger partial charge in [0.1, 0.15) is 6.33 Å². The van der Waals surface area contributed by atoms with Crippen LogP contribution in [0.4, 0.5) is 13.2 Å². The van der Waals surface area contributed by atoms with E-state index in [2.05, 4.69) is 15.3 Å². The molecule has 3 nitrogen and oxygen atoms in total. The molecule has 20 heavy (non-hydrogen) atoms. The number of aromatic nitrogens is 2. The number of halogens is 3. The molecule has 0 aliphatic carbocycles. The first-order valence-corrected chi connectivity index (χ1v) is 6.11. The van der Waals surface area contributed by atoms with Crippen molar-refractivity contribution in [1.82, 2.24) is 15.3 Å². The summed E-state index contributed by atoms with van der Waals surface area (Å²) in [6, 6.07) is 6.93. The molecule has 0 saturated carbocycles. The minimum absolute atomic E-state index is 0.363. The third-order valence-electron chi connectivity index (χ3n) is 2.91. The summed E-state index contributed by atoms with van der Waals surface area (Å²) in [5, 5.41) is 2.45. The third kappa shape index (κ3) is 4.03. The molecule has 0 aliphatic rings. The van der Waals surface area contributed by atoms with E-state index in [1.807, 2.05) is 12.1 Å². The molecule has 2 rings (SSSR count). The van der Waals surface area contributed by atoms with Crippen LogP contribution in [0.5, 0.6) is 0 Å². The summed E-state index contributed by atoms with van der Waals surface area (Å²) in [4.78, 5) is 7.85. The molecule has 0 saturated heterocycles. The molecule has 0 bridgehead atoms. The summed E-state index contributed by atoms with van der Waals surface area (Å²) in [6.07, 6.45) is 0.622. The predicted molar refractivity (Wildman–Crippen MR) is 69.9 cm³/mol. The molecule has 1 unspecified atom stereocenters. The highest BCUT2D eigenvalue weighted by Crippen LogP contribution is 2.21. The van der Waals surface area contributed by atoms with Gasteiger partial charge < -0.3 is 5.32 Å². The maximum atomic E-state index is 12.1. The molecular formula is C14H14F3N3. The normalized spacial score (nSPS) is 13.2. The van der Waals surface area contributed by atoms with Crippen LogP contribution in [0.2, 0.25) is 0 Å². The van der Waals surface area contributed by atoms with Crippen molar-refractivity contribution >= 4 is 0 Å². The highest BCUT2D eigenvalue weighted by molar-refractivity contribution is 5.61. The summed E-state index contributed by atoms with van der Waals surface area (Å²) in [7, 11) is 0. The van der Waals surface area contributed by atoms with Crippen molar-refractivity contribution < 1.29 is 13.2 Å². The van der Waals surface area contributed by atoms with Gasteiger partial charge in [-0.2, -0.15) is 13.2 Å². The monoisotopic (exact) mass is 281 g/mol. The topological polar surface area (TPSA) is 37.8 Å². The Morgan fingerprint density at radius 3 is 2.20 bits per heavy atom. The molecule has 1 heterocycles. The molecule has 0 fully saturated rings. The number of hydrogen-bond acceptors (Lipinski definition) is 3. The first-order chi connectivity index (χ1) is 9.46. The van der Waals surface area contributed by atoms with Crippen LogP contribution in [0.1, 0.15) is 18.5 Å². The Balaban J connectivity index is 2.05. The van der Waals surface area contributed by atoms with Crippen LogP contribution in [0.15, 0.2) is 43.0 Å². The van der Waals surface area contributed by atoms with Crippen LogP contribution in [-0.4, -0.2) is 22.7 Å². The Morgan fingerprint density at radius 1 is 1.05 bits per heavy atom. The molecule has 1 atom stereocenters. The van der Waals surface area contributed by atoms with Crippen molar-refractivity contribution in [2.45, 2.75) is 19.1 Å². The third-order valence-corrected chi connectivity index (χ3v) is 2.91. The zero-order valence-electron chi connectivity index (χ0n) is 10.9. The second-order valence-corrected chi connectivity index (χ2v) is 4.47. The Bertz CT molecular complexity index is 538. The fourth-order valence-corrected chi connectivity index (χ4v) is 1.80. The number of rotatable bonds is 4. The van der Waals surface area contributed by atoms with E-state index in [0.29, 0.717) is 0 Å². The van der Waals surface area contributed by atoms with Gasteiger partial charge in [0.05, 0.1) is 6.54 Å². The van der Waals surface area contributed by atoms with Gasteiger partial charge in [0.15, 0.2) is 0 Å². The zero-order chi connectivity index (χ0) is 14.6. The molecule has 6 heteroatoms. The zero-order valence-corrected chi connectivity index (χ0v) is 10.9. The molecule has 0 aliphatic heterocycles. The number of nitrogens with one attached hydrogen (secondary N) is 1. The fraction of sp³-hybridized carbons (Fsp3) is 0.286. The van der Waals surface area contributed by atoms with E-state index >= 15 is 0 Å². The van der Waals surface area contributed by atoms with Crippen molar-refractivity contribution in [3.63, 3.8) is 0 Å². The Hall–Kier alpha value is -1.95. The van der Waals surface area contributed by atoms with Crippen molar-refractivity contribution in [2.75, 3.05) is 6.54 Å². The van der Waals surface area contributed by atoms with E-state index in [0.717, 1.165) is 16.7 Å². The Kier molecular flexibility index (Phi) is 4.34. The van der Waals surface area contributed by atoms with E-state index in [1.54, 1.807) is 31.5 Å². The summed E-state index contributed by atoms with van der Waals surface area (Å²) >= 11 is 0. The average Bonchev–Trinajstić information content (AvgIpc) is 2.45. The lowest BCUT2D eigenvalue weighted by Crippen LogP contribution is -2.30. The molecule has 0 spiro atoms. The lowest BCUT2D eigenvalue weighted by molar-refractivity contribution is -0.126. The van der Waals surface area contributed by atoms with Crippen LogP contribution in [-0.2, 0) is 0 Å². The van der Waals surface area contributed by atoms with E-state index in [1.165, 1.54) is 6.33 Å². The van der Waals surface area contributed by atoms with Gasteiger partial charge in [-0.05, 0) is 18.1 Å². The Labute approximate surface area is 114 Å². The van der Waals surface area contributed by atoms with Gasteiger partial charge >= 0.3 is 6.18 Å². The largest absolute Gasteiger partial charge is 0.401 e. The van der Waals surface area contributed by atoms with E-state index in [9.17, 15) is 13.2 Å². The molecule has 1 N–H and O–H groups in total. The van der Waals surface area contributed by atoms with Gasteiger partial charge in [-0.3, -0.25) is 0 Å². The van der Waals surface area contributed by atoms with Gasteiger partial charge in [-0.15, -0.1) is 0 Å². The molecule has 1 aromatic carbocycles. The lowest BCUT2D eigenvalue weighted by Gasteiger charge is -2.16. The van der Waals surface area contributed by atoms with Gasteiger partial charge in [-0.1, -0.05) is 24.3 Å².